The van der Waals surface area contributed by atoms with E-state index in [2.05, 4.69) is 48.7 Å². The van der Waals surface area contributed by atoms with E-state index in [1.165, 1.54) is 12.8 Å². The standard InChI is InChI=1S/C32H31N7O2/c1-22(20-41-28-8-5-14-33-19-28)39-21-36-38-31(39)25-6-3-2-4-7-27(16-25)37-32(40)30-17-24(13-15-34-30)26-11-12-29(35-18-26)23-9-10-23/h2-3,5-6,8,11-19,21-23H,4,7,9-10,20H2,1H3,(H,37,40)/b3-2-,25-6?,27-16?. The van der Waals surface area contributed by atoms with Crippen LogP contribution >= 0.6 is 0 Å². The molecule has 2 aliphatic carbocycles. The normalized spacial score (nSPS) is 16.5. The fourth-order valence-electron chi connectivity index (χ4n) is 4.69. The van der Waals surface area contributed by atoms with Crippen LogP contribution in [-0.4, -0.2) is 42.2 Å². The zero-order valence-electron chi connectivity index (χ0n) is 22.9. The number of pyridine rings is 3. The van der Waals surface area contributed by atoms with E-state index >= 15 is 0 Å². The smallest absolute Gasteiger partial charge is 0.274 e. The number of ether oxygens (including phenoxy) is 1. The summed E-state index contributed by atoms with van der Waals surface area (Å²) in [7, 11) is 0. The number of amides is 1. The molecule has 0 aromatic carbocycles. The minimum absolute atomic E-state index is 0.0401. The SMILES string of the molecule is CC(COc1cccnc1)n1cnnc1C1=C/C=C\CCC(NC(=O)c2cc(-c3ccc(C4CC4)nc3)ccn2)=C1. The Kier molecular flexibility index (Phi) is 7.75. The molecule has 1 fully saturated rings. The number of aromatic nitrogens is 6. The van der Waals surface area contributed by atoms with Crippen LogP contribution in [0.25, 0.3) is 16.7 Å². The van der Waals surface area contributed by atoms with Crippen LogP contribution in [-0.2, 0) is 0 Å². The van der Waals surface area contributed by atoms with Gasteiger partial charge in [0.1, 0.15) is 24.4 Å². The molecule has 4 aromatic rings. The highest BCUT2D eigenvalue weighted by Gasteiger charge is 2.24. The van der Waals surface area contributed by atoms with Gasteiger partial charge in [0.2, 0.25) is 0 Å². The average molecular weight is 546 g/mol. The lowest BCUT2D eigenvalue weighted by Gasteiger charge is -2.17. The highest BCUT2D eigenvalue weighted by molar-refractivity contribution is 5.95. The largest absolute Gasteiger partial charge is 0.490 e. The number of hydrogen-bond acceptors (Lipinski definition) is 7. The Labute approximate surface area is 238 Å². The molecule has 6 rings (SSSR count). The van der Waals surface area contributed by atoms with Gasteiger partial charge in [0.05, 0.1) is 12.2 Å². The molecule has 2 aliphatic rings. The third-order valence-corrected chi connectivity index (χ3v) is 7.14. The van der Waals surface area contributed by atoms with Gasteiger partial charge in [0, 0.05) is 47.0 Å². The average Bonchev–Trinajstić information content (AvgIpc) is 3.74. The second-order valence-electron chi connectivity index (χ2n) is 10.3. The van der Waals surface area contributed by atoms with Crippen LogP contribution in [0.15, 0.2) is 97.5 Å². The van der Waals surface area contributed by atoms with E-state index < -0.39 is 0 Å². The number of allylic oxidation sites excluding steroid dienone is 6. The highest BCUT2D eigenvalue weighted by Crippen LogP contribution is 2.39. The molecule has 9 heteroatoms. The van der Waals surface area contributed by atoms with Gasteiger partial charge in [-0.3, -0.25) is 19.7 Å². The molecule has 1 atom stereocenters. The molecule has 4 aromatic heterocycles. The van der Waals surface area contributed by atoms with Gasteiger partial charge >= 0.3 is 0 Å². The van der Waals surface area contributed by atoms with Crippen LogP contribution in [0.4, 0.5) is 0 Å². The number of nitrogens with zero attached hydrogens (tertiary/aromatic N) is 6. The summed E-state index contributed by atoms with van der Waals surface area (Å²) < 4.78 is 7.88. The van der Waals surface area contributed by atoms with Crippen molar-refractivity contribution in [3.8, 4) is 16.9 Å². The predicted octanol–water partition coefficient (Wildman–Crippen LogP) is 5.69. The first-order valence-electron chi connectivity index (χ1n) is 13.9. The Hall–Kier alpha value is -4.92. The van der Waals surface area contributed by atoms with Crippen molar-refractivity contribution in [2.24, 2.45) is 0 Å². The summed E-state index contributed by atoms with van der Waals surface area (Å²) in [4.78, 5) is 26.4. The highest BCUT2D eigenvalue weighted by atomic mass is 16.5. The van der Waals surface area contributed by atoms with Crippen LogP contribution in [0, 0.1) is 0 Å². The lowest BCUT2D eigenvalue weighted by Crippen LogP contribution is -2.24. The Morgan fingerprint density at radius 2 is 2.05 bits per heavy atom. The second-order valence-corrected chi connectivity index (χ2v) is 10.3. The number of rotatable bonds is 9. The van der Waals surface area contributed by atoms with Crippen molar-refractivity contribution in [3.05, 3.63) is 115 Å². The first-order chi connectivity index (χ1) is 20.1. The maximum atomic E-state index is 13.3. The number of hydrogen-bond donors (Lipinski definition) is 1. The summed E-state index contributed by atoms with van der Waals surface area (Å²) in [5.41, 5.74) is 4.98. The molecule has 1 unspecified atom stereocenters. The Balaban J connectivity index is 1.18. The summed E-state index contributed by atoms with van der Waals surface area (Å²) in [6, 6.07) is 11.5. The molecule has 0 saturated heterocycles. The molecule has 0 spiro atoms. The van der Waals surface area contributed by atoms with Crippen molar-refractivity contribution in [2.75, 3.05) is 6.61 Å². The molecule has 1 amide bonds. The minimum Gasteiger partial charge on any atom is -0.490 e. The molecule has 0 aliphatic heterocycles. The molecular weight excluding hydrogens is 514 g/mol. The Bertz CT molecular complexity index is 1600. The number of carbonyl (C=O) groups excluding carboxylic acids is 1. The summed E-state index contributed by atoms with van der Waals surface area (Å²) in [6.45, 7) is 2.47. The van der Waals surface area contributed by atoms with Crippen LogP contribution in [0.3, 0.4) is 0 Å². The molecule has 1 saturated carbocycles. The van der Waals surface area contributed by atoms with Gasteiger partial charge in [-0.05, 0) is 74.6 Å². The van der Waals surface area contributed by atoms with Crippen molar-refractivity contribution in [1.29, 1.82) is 0 Å². The third-order valence-electron chi connectivity index (χ3n) is 7.14. The van der Waals surface area contributed by atoms with Gasteiger partial charge < -0.3 is 14.6 Å². The van der Waals surface area contributed by atoms with Crippen molar-refractivity contribution in [3.63, 3.8) is 0 Å². The molecule has 206 valence electrons. The summed E-state index contributed by atoms with van der Waals surface area (Å²) >= 11 is 0. The molecular formula is C32H31N7O2. The number of carbonyl (C=O) groups is 1. The van der Waals surface area contributed by atoms with E-state index in [1.54, 1.807) is 24.9 Å². The molecule has 0 bridgehead atoms. The molecule has 0 radical (unpaired) electrons. The monoisotopic (exact) mass is 545 g/mol. The van der Waals surface area contributed by atoms with E-state index in [1.807, 2.05) is 60.2 Å². The third kappa shape index (κ3) is 6.46. The van der Waals surface area contributed by atoms with Crippen LogP contribution in [0.1, 0.15) is 66.6 Å². The van der Waals surface area contributed by atoms with Crippen LogP contribution < -0.4 is 10.1 Å². The van der Waals surface area contributed by atoms with Gasteiger partial charge in [0.15, 0.2) is 5.82 Å². The van der Waals surface area contributed by atoms with E-state index in [9.17, 15) is 4.79 Å². The molecule has 9 nitrogen and oxygen atoms in total. The second kappa shape index (κ2) is 12.1. The first-order valence-corrected chi connectivity index (χ1v) is 13.9. The van der Waals surface area contributed by atoms with Gasteiger partial charge in [-0.1, -0.05) is 24.3 Å². The molecule has 4 heterocycles. The van der Waals surface area contributed by atoms with Crippen molar-refractivity contribution >= 4 is 11.5 Å². The molecule has 41 heavy (non-hydrogen) atoms. The maximum absolute atomic E-state index is 13.3. The summed E-state index contributed by atoms with van der Waals surface area (Å²) in [6.07, 6.45) is 20.6. The van der Waals surface area contributed by atoms with E-state index in [0.29, 0.717) is 36.2 Å². The van der Waals surface area contributed by atoms with Crippen molar-refractivity contribution in [1.82, 2.24) is 35.0 Å². The Morgan fingerprint density at radius 3 is 2.85 bits per heavy atom. The summed E-state index contributed by atoms with van der Waals surface area (Å²) in [5.74, 6) is 1.74. The topological polar surface area (TPSA) is 108 Å². The lowest BCUT2D eigenvalue weighted by molar-refractivity contribution is 0.0959. The van der Waals surface area contributed by atoms with Crippen LogP contribution in [0.5, 0.6) is 5.75 Å². The van der Waals surface area contributed by atoms with Crippen molar-refractivity contribution < 1.29 is 9.53 Å². The molecule has 1 N–H and O–H groups in total. The lowest BCUT2D eigenvalue weighted by atomic mass is 10.1. The van der Waals surface area contributed by atoms with Crippen molar-refractivity contribution in [2.45, 2.75) is 44.6 Å². The van der Waals surface area contributed by atoms with E-state index in [0.717, 1.165) is 34.5 Å². The Morgan fingerprint density at radius 1 is 1.12 bits per heavy atom. The quantitative estimate of drug-likeness (QED) is 0.288. The first kappa shape index (κ1) is 26.3. The number of nitrogens with one attached hydrogen (secondary N) is 1. The van der Waals surface area contributed by atoms with E-state index in [-0.39, 0.29) is 11.9 Å². The van der Waals surface area contributed by atoms with Gasteiger partial charge in [-0.25, -0.2) is 0 Å². The van der Waals surface area contributed by atoms with Crippen LogP contribution in [0.2, 0.25) is 0 Å². The van der Waals surface area contributed by atoms with E-state index in [4.69, 9.17) is 4.74 Å². The zero-order chi connectivity index (χ0) is 28.0. The zero-order valence-corrected chi connectivity index (χ0v) is 22.9. The maximum Gasteiger partial charge on any atom is 0.274 e. The minimum atomic E-state index is -0.260. The predicted molar refractivity (Wildman–Crippen MR) is 156 cm³/mol. The van der Waals surface area contributed by atoms with Gasteiger partial charge in [-0.15, -0.1) is 10.2 Å². The van der Waals surface area contributed by atoms with Gasteiger partial charge in [-0.2, -0.15) is 0 Å². The fourth-order valence-corrected chi connectivity index (χ4v) is 4.69. The fraction of sp³-hybridized carbons (Fsp3) is 0.250. The summed E-state index contributed by atoms with van der Waals surface area (Å²) in [5, 5.41) is 11.6. The van der Waals surface area contributed by atoms with Gasteiger partial charge in [0.25, 0.3) is 5.91 Å².